The molecule has 2 rings (SSSR count). The number of nitrogens with two attached hydrogens (primary N) is 1. The Hall–Kier alpha value is -2.22. The number of nitrogens with one attached hydrogen (secondary N) is 1. The van der Waals surface area contributed by atoms with Crippen molar-refractivity contribution in [2.24, 2.45) is 0 Å². The van der Waals surface area contributed by atoms with E-state index in [1.807, 2.05) is 6.07 Å². The van der Waals surface area contributed by atoms with Gasteiger partial charge in [-0.3, -0.25) is 4.79 Å². The van der Waals surface area contributed by atoms with Crippen molar-refractivity contribution in [1.29, 1.82) is 5.26 Å². The number of halogens is 2. The molecule has 0 unspecified atom stereocenters. The van der Waals surface area contributed by atoms with Crippen molar-refractivity contribution >= 4 is 40.5 Å². The van der Waals surface area contributed by atoms with E-state index in [9.17, 15) is 4.79 Å². The van der Waals surface area contributed by atoms with E-state index in [2.05, 4.69) is 5.32 Å². The first-order valence-electron chi connectivity index (χ1n) is 5.57. The van der Waals surface area contributed by atoms with Crippen LogP contribution in [-0.4, -0.2) is 5.91 Å². The van der Waals surface area contributed by atoms with Gasteiger partial charge in [-0.15, -0.1) is 0 Å². The summed E-state index contributed by atoms with van der Waals surface area (Å²) in [6, 6.07) is 11.4. The molecular weight excluding hydrogens is 297 g/mol. The normalized spacial score (nSPS) is 9.85. The quantitative estimate of drug-likeness (QED) is 0.830. The lowest BCUT2D eigenvalue weighted by Gasteiger charge is -2.08. The van der Waals surface area contributed by atoms with Crippen molar-refractivity contribution in [3.63, 3.8) is 0 Å². The minimum Gasteiger partial charge on any atom is -0.397 e. The Kier molecular flexibility index (Phi) is 4.14. The molecule has 3 N–H and O–H groups in total. The number of nitrogens with zero attached hydrogens (tertiary/aromatic N) is 1. The number of rotatable bonds is 2. The zero-order valence-corrected chi connectivity index (χ0v) is 11.7. The van der Waals surface area contributed by atoms with Crippen molar-refractivity contribution in [2.45, 2.75) is 0 Å². The SMILES string of the molecule is N#Cc1ccc(NC(=O)c2cc(N)c(Cl)c(Cl)c2)cc1. The molecule has 0 spiro atoms. The van der Waals surface area contributed by atoms with E-state index < -0.39 is 0 Å². The maximum atomic E-state index is 12.1. The first kappa shape index (κ1) is 14.2. The molecule has 2 aromatic carbocycles. The highest BCUT2D eigenvalue weighted by molar-refractivity contribution is 6.44. The fourth-order valence-corrected chi connectivity index (χ4v) is 1.91. The molecule has 0 radical (unpaired) electrons. The smallest absolute Gasteiger partial charge is 0.255 e. The first-order valence-corrected chi connectivity index (χ1v) is 6.33. The van der Waals surface area contributed by atoms with Crippen molar-refractivity contribution in [2.75, 3.05) is 11.1 Å². The Morgan fingerprint density at radius 2 is 1.85 bits per heavy atom. The number of amides is 1. The van der Waals surface area contributed by atoms with E-state index in [0.29, 0.717) is 16.8 Å². The van der Waals surface area contributed by atoms with Crippen molar-refractivity contribution in [1.82, 2.24) is 0 Å². The molecule has 0 aliphatic rings. The van der Waals surface area contributed by atoms with E-state index in [1.54, 1.807) is 24.3 Å². The molecule has 0 atom stereocenters. The highest BCUT2D eigenvalue weighted by Crippen LogP contribution is 2.29. The molecule has 20 heavy (non-hydrogen) atoms. The number of anilines is 2. The monoisotopic (exact) mass is 305 g/mol. The van der Waals surface area contributed by atoms with Crippen LogP contribution >= 0.6 is 23.2 Å². The predicted octanol–water partition coefficient (Wildman–Crippen LogP) is 3.70. The van der Waals surface area contributed by atoms with Gasteiger partial charge in [0.25, 0.3) is 5.91 Å². The van der Waals surface area contributed by atoms with Crippen LogP contribution in [0, 0.1) is 11.3 Å². The van der Waals surface area contributed by atoms with Gasteiger partial charge in [0.05, 0.1) is 27.4 Å². The van der Waals surface area contributed by atoms with Crippen LogP contribution in [0.4, 0.5) is 11.4 Å². The van der Waals surface area contributed by atoms with Gasteiger partial charge in [-0.05, 0) is 36.4 Å². The third-order valence-electron chi connectivity index (χ3n) is 2.59. The van der Waals surface area contributed by atoms with Crippen LogP contribution in [0.3, 0.4) is 0 Å². The Morgan fingerprint density at radius 1 is 1.20 bits per heavy atom. The molecule has 6 heteroatoms. The fraction of sp³-hybridized carbons (Fsp3) is 0. The Bertz CT molecular complexity index is 682. The number of carbonyl (C=O) groups excluding carboxylic acids is 1. The summed E-state index contributed by atoms with van der Waals surface area (Å²) in [7, 11) is 0. The summed E-state index contributed by atoms with van der Waals surface area (Å²) < 4.78 is 0. The number of hydrogen-bond donors (Lipinski definition) is 2. The standard InChI is InChI=1S/C14H9Cl2N3O/c15-11-5-9(6-12(18)13(11)16)14(20)19-10-3-1-8(7-17)2-4-10/h1-6H,18H2,(H,19,20). The summed E-state index contributed by atoms with van der Waals surface area (Å²) in [5, 5.41) is 11.8. The lowest BCUT2D eigenvalue weighted by atomic mass is 10.1. The topological polar surface area (TPSA) is 78.9 Å². The average molecular weight is 306 g/mol. The second-order valence-corrected chi connectivity index (χ2v) is 4.79. The minimum absolute atomic E-state index is 0.219. The second-order valence-electron chi connectivity index (χ2n) is 4.00. The van der Waals surface area contributed by atoms with Gasteiger partial charge in [0.2, 0.25) is 0 Å². The molecule has 2 aromatic rings. The summed E-state index contributed by atoms with van der Waals surface area (Å²) in [4.78, 5) is 12.1. The molecule has 0 saturated carbocycles. The van der Waals surface area contributed by atoms with Gasteiger partial charge in [0.15, 0.2) is 0 Å². The van der Waals surface area contributed by atoms with E-state index in [1.165, 1.54) is 12.1 Å². The highest BCUT2D eigenvalue weighted by Gasteiger charge is 2.11. The summed E-state index contributed by atoms with van der Waals surface area (Å²) >= 11 is 11.7. The number of carbonyl (C=O) groups is 1. The molecule has 0 saturated heterocycles. The Labute approximate surface area is 125 Å². The van der Waals surface area contributed by atoms with Gasteiger partial charge >= 0.3 is 0 Å². The minimum atomic E-state index is -0.361. The molecule has 100 valence electrons. The molecule has 0 bridgehead atoms. The zero-order valence-electron chi connectivity index (χ0n) is 10.2. The predicted molar refractivity (Wildman–Crippen MR) is 80.0 cm³/mol. The summed E-state index contributed by atoms with van der Waals surface area (Å²) in [5.74, 6) is -0.361. The van der Waals surface area contributed by atoms with E-state index in [0.717, 1.165) is 0 Å². The first-order chi connectivity index (χ1) is 9.51. The van der Waals surface area contributed by atoms with Crippen molar-refractivity contribution in [3.8, 4) is 6.07 Å². The van der Waals surface area contributed by atoms with Crippen LogP contribution in [0.15, 0.2) is 36.4 Å². The largest absolute Gasteiger partial charge is 0.397 e. The molecule has 4 nitrogen and oxygen atoms in total. The summed E-state index contributed by atoms with van der Waals surface area (Å²) in [6.45, 7) is 0. The van der Waals surface area contributed by atoms with Crippen LogP contribution in [0.1, 0.15) is 15.9 Å². The fourth-order valence-electron chi connectivity index (χ4n) is 1.57. The number of benzene rings is 2. The van der Waals surface area contributed by atoms with Gasteiger partial charge in [0, 0.05) is 11.3 Å². The maximum absolute atomic E-state index is 12.1. The molecule has 0 aliphatic carbocycles. The Balaban J connectivity index is 2.21. The van der Waals surface area contributed by atoms with Crippen molar-refractivity contribution in [3.05, 3.63) is 57.6 Å². The third-order valence-corrected chi connectivity index (χ3v) is 3.41. The molecule has 0 aromatic heterocycles. The van der Waals surface area contributed by atoms with Crippen molar-refractivity contribution < 1.29 is 4.79 Å². The third kappa shape index (κ3) is 3.02. The van der Waals surface area contributed by atoms with Crippen LogP contribution in [-0.2, 0) is 0 Å². The van der Waals surface area contributed by atoms with E-state index in [-0.39, 0.29) is 21.6 Å². The van der Waals surface area contributed by atoms with E-state index >= 15 is 0 Å². The van der Waals surface area contributed by atoms with Gasteiger partial charge < -0.3 is 11.1 Å². The number of nitriles is 1. The van der Waals surface area contributed by atoms with Gasteiger partial charge in [-0.2, -0.15) is 5.26 Å². The molecule has 0 heterocycles. The van der Waals surface area contributed by atoms with E-state index in [4.69, 9.17) is 34.2 Å². The lowest BCUT2D eigenvalue weighted by Crippen LogP contribution is -2.12. The van der Waals surface area contributed by atoms with Gasteiger partial charge in [-0.25, -0.2) is 0 Å². The maximum Gasteiger partial charge on any atom is 0.255 e. The van der Waals surface area contributed by atoms with Gasteiger partial charge in [0.1, 0.15) is 0 Å². The Morgan fingerprint density at radius 3 is 2.40 bits per heavy atom. The molecular formula is C14H9Cl2N3O. The lowest BCUT2D eigenvalue weighted by molar-refractivity contribution is 0.102. The highest BCUT2D eigenvalue weighted by atomic mass is 35.5. The van der Waals surface area contributed by atoms with Crippen LogP contribution < -0.4 is 11.1 Å². The zero-order chi connectivity index (χ0) is 14.7. The van der Waals surface area contributed by atoms with Gasteiger partial charge in [-0.1, -0.05) is 23.2 Å². The average Bonchev–Trinajstić information content (AvgIpc) is 2.45. The van der Waals surface area contributed by atoms with Crippen LogP contribution in [0.5, 0.6) is 0 Å². The molecule has 1 amide bonds. The summed E-state index contributed by atoms with van der Waals surface area (Å²) in [6.07, 6.45) is 0. The molecule has 0 fully saturated rings. The van der Waals surface area contributed by atoms with Crippen LogP contribution in [0.25, 0.3) is 0 Å². The number of nitrogen functional groups attached to an aromatic ring is 1. The summed E-state index contributed by atoms with van der Waals surface area (Å²) in [5.41, 5.74) is 7.29. The second kappa shape index (κ2) is 5.83. The molecule has 0 aliphatic heterocycles. The number of hydrogen-bond acceptors (Lipinski definition) is 3. The van der Waals surface area contributed by atoms with Crippen LogP contribution in [0.2, 0.25) is 10.0 Å².